The lowest BCUT2D eigenvalue weighted by molar-refractivity contribution is 0.287. The van der Waals surface area contributed by atoms with Gasteiger partial charge in [0.25, 0.3) is 0 Å². The molecule has 2 aromatic rings. The van der Waals surface area contributed by atoms with Gasteiger partial charge in [-0.2, -0.15) is 5.10 Å². The van der Waals surface area contributed by atoms with Crippen LogP contribution in [0, 0.1) is 0 Å². The largest absolute Gasteiger partial charge is 0.508 e. The molecule has 0 radical (unpaired) electrons. The molecule has 128 valence electrons. The standard InChI is InChI=1S/C20H27N3O/c1-3-19(4-2)23-14-11-18(21-23)15-22-12-9-17(10-13-22)16-5-7-20(24)8-6-16/h5-9,11,14,19,24H,3-4,10,12-13,15H2,1-2H3. The number of phenolic OH excluding ortho intramolecular Hbond substituents is 1. The molecule has 4 heteroatoms. The molecule has 0 amide bonds. The van der Waals surface area contributed by atoms with E-state index in [-0.39, 0.29) is 0 Å². The minimum atomic E-state index is 0.324. The predicted molar refractivity (Wildman–Crippen MR) is 97.8 cm³/mol. The van der Waals surface area contributed by atoms with Gasteiger partial charge in [-0.1, -0.05) is 32.1 Å². The summed E-state index contributed by atoms with van der Waals surface area (Å²) in [6.07, 6.45) is 7.71. The SMILES string of the molecule is CCC(CC)n1ccc(CN2CC=C(c3ccc(O)cc3)CC2)n1. The van der Waals surface area contributed by atoms with E-state index in [0.717, 1.165) is 44.6 Å². The molecule has 0 bridgehead atoms. The van der Waals surface area contributed by atoms with Gasteiger partial charge in [-0.3, -0.25) is 9.58 Å². The van der Waals surface area contributed by atoms with Crippen LogP contribution in [0.15, 0.2) is 42.6 Å². The minimum Gasteiger partial charge on any atom is -0.508 e. The van der Waals surface area contributed by atoms with E-state index in [1.54, 1.807) is 12.1 Å². The van der Waals surface area contributed by atoms with Gasteiger partial charge in [-0.15, -0.1) is 0 Å². The average molecular weight is 325 g/mol. The van der Waals surface area contributed by atoms with E-state index >= 15 is 0 Å². The molecule has 1 aromatic carbocycles. The summed E-state index contributed by atoms with van der Waals surface area (Å²) < 4.78 is 2.12. The van der Waals surface area contributed by atoms with Gasteiger partial charge in [-0.05, 0) is 48.6 Å². The van der Waals surface area contributed by atoms with Gasteiger partial charge in [0, 0.05) is 25.8 Å². The Hall–Kier alpha value is -2.07. The molecule has 0 unspecified atom stereocenters. The third-order valence-electron chi connectivity index (χ3n) is 4.90. The van der Waals surface area contributed by atoms with Crippen molar-refractivity contribution in [3.63, 3.8) is 0 Å². The van der Waals surface area contributed by atoms with E-state index in [1.165, 1.54) is 11.1 Å². The normalized spacial score (nSPS) is 15.7. The molecule has 0 aliphatic carbocycles. The number of aromatic hydroxyl groups is 1. The Morgan fingerprint density at radius 2 is 1.88 bits per heavy atom. The second-order valence-corrected chi connectivity index (χ2v) is 6.52. The van der Waals surface area contributed by atoms with Crippen molar-refractivity contribution in [1.29, 1.82) is 0 Å². The summed E-state index contributed by atoms with van der Waals surface area (Å²) in [4.78, 5) is 2.43. The van der Waals surface area contributed by atoms with E-state index in [2.05, 4.69) is 41.8 Å². The number of rotatable bonds is 6. The second-order valence-electron chi connectivity index (χ2n) is 6.52. The summed E-state index contributed by atoms with van der Waals surface area (Å²) in [5.74, 6) is 0.324. The Morgan fingerprint density at radius 3 is 2.50 bits per heavy atom. The highest BCUT2D eigenvalue weighted by Gasteiger charge is 2.15. The molecule has 0 saturated heterocycles. The summed E-state index contributed by atoms with van der Waals surface area (Å²) in [6.45, 7) is 7.34. The van der Waals surface area contributed by atoms with Crippen molar-refractivity contribution in [3.05, 3.63) is 53.9 Å². The first kappa shape index (κ1) is 16.8. The van der Waals surface area contributed by atoms with Crippen molar-refractivity contribution in [2.24, 2.45) is 0 Å². The first-order chi connectivity index (χ1) is 11.7. The van der Waals surface area contributed by atoms with Crippen LogP contribution in [0.3, 0.4) is 0 Å². The van der Waals surface area contributed by atoms with Gasteiger partial charge in [0.1, 0.15) is 5.75 Å². The molecule has 3 rings (SSSR count). The summed E-state index contributed by atoms with van der Waals surface area (Å²) in [7, 11) is 0. The van der Waals surface area contributed by atoms with E-state index in [9.17, 15) is 5.11 Å². The number of nitrogens with zero attached hydrogens (tertiary/aromatic N) is 3. The first-order valence-electron chi connectivity index (χ1n) is 8.94. The Balaban J connectivity index is 1.60. The van der Waals surface area contributed by atoms with Crippen molar-refractivity contribution in [3.8, 4) is 5.75 Å². The lowest BCUT2D eigenvalue weighted by Crippen LogP contribution is -2.28. The number of hydrogen-bond donors (Lipinski definition) is 1. The molecular weight excluding hydrogens is 298 g/mol. The fourth-order valence-electron chi connectivity index (χ4n) is 3.35. The Morgan fingerprint density at radius 1 is 1.12 bits per heavy atom. The van der Waals surface area contributed by atoms with E-state index in [1.807, 2.05) is 12.1 Å². The fourth-order valence-corrected chi connectivity index (χ4v) is 3.35. The topological polar surface area (TPSA) is 41.3 Å². The zero-order valence-corrected chi connectivity index (χ0v) is 14.7. The summed E-state index contributed by atoms with van der Waals surface area (Å²) in [5.41, 5.74) is 3.74. The molecule has 1 aliphatic heterocycles. The summed E-state index contributed by atoms with van der Waals surface area (Å²) >= 11 is 0. The van der Waals surface area contributed by atoms with Gasteiger partial charge < -0.3 is 5.11 Å². The number of benzene rings is 1. The maximum atomic E-state index is 9.40. The van der Waals surface area contributed by atoms with E-state index in [4.69, 9.17) is 5.10 Å². The van der Waals surface area contributed by atoms with E-state index in [0.29, 0.717) is 11.8 Å². The lowest BCUT2D eigenvalue weighted by atomic mass is 9.99. The van der Waals surface area contributed by atoms with Crippen LogP contribution in [0.1, 0.15) is 50.4 Å². The highest BCUT2D eigenvalue weighted by molar-refractivity contribution is 5.67. The number of hydrogen-bond acceptors (Lipinski definition) is 3. The molecule has 0 atom stereocenters. The molecule has 4 nitrogen and oxygen atoms in total. The molecule has 2 heterocycles. The number of aromatic nitrogens is 2. The van der Waals surface area contributed by atoms with Crippen molar-refractivity contribution in [2.75, 3.05) is 13.1 Å². The zero-order chi connectivity index (χ0) is 16.9. The van der Waals surface area contributed by atoms with Crippen LogP contribution in [0.5, 0.6) is 5.75 Å². The van der Waals surface area contributed by atoms with Crippen LogP contribution in [-0.4, -0.2) is 32.9 Å². The molecule has 0 saturated carbocycles. The van der Waals surface area contributed by atoms with Crippen molar-refractivity contribution in [2.45, 2.75) is 45.7 Å². The van der Waals surface area contributed by atoms with Crippen LogP contribution in [-0.2, 0) is 6.54 Å². The smallest absolute Gasteiger partial charge is 0.115 e. The summed E-state index contributed by atoms with van der Waals surface area (Å²) in [5, 5.41) is 14.2. The average Bonchev–Trinajstić information content (AvgIpc) is 3.06. The quantitative estimate of drug-likeness (QED) is 0.863. The Bertz CT molecular complexity index is 683. The van der Waals surface area contributed by atoms with Crippen molar-refractivity contribution >= 4 is 5.57 Å². The minimum absolute atomic E-state index is 0.324. The van der Waals surface area contributed by atoms with E-state index < -0.39 is 0 Å². The van der Waals surface area contributed by atoms with Gasteiger partial charge >= 0.3 is 0 Å². The van der Waals surface area contributed by atoms with Crippen molar-refractivity contribution < 1.29 is 5.11 Å². The van der Waals surface area contributed by atoms with Crippen LogP contribution in [0.2, 0.25) is 0 Å². The van der Waals surface area contributed by atoms with Crippen LogP contribution < -0.4 is 0 Å². The van der Waals surface area contributed by atoms with Gasteiger partial charge in [0.2, 0.25) is 0 Å². The molecular formula is C20H27N3O. The fraction of sp³-hybridized carbons (Fsp3) is 0.450. The molecule has 1 aliphatic rings. The maximum absolute atomic E-state index is 9.40. The highest BCUT2D eigenvalue weighted by Crippen LogP contribution is 2.24. The van der Waals surface area contributed by atoms with Crippen LogP contribution in [0.4, 0.5) is 0 Å². The second kappa shape index (κ2) is 7.67. The van der Waals surface area contributed by atoms with Crippen LogP contribution in [0.25, 0.3) is 5.57 Å². The summed E-state index contributed by atoms with van der Waals surface area (Å²) in [6, 6.07) is 10.2. The lowest BCUT2D eigenvalue weighted by Gasteiger charge is -2.25. The highest BCUT2D eigenvalue weighted by atomic mass is 16.3. The Kier molecular flexibility index (Phi) is 5.36. The van der Waals surface area contributed by atoms with Gasteiger partial charge in [0.05, 0.1) is 11.7 Å². The maximum Gasteiger partial charge on any atom is 0.115 e. The molecule has 1 aromatic heterocycles. The zero-order valence-electron chi connectivity index (χ0n) is 14.7. The molecule has 24 heavy (non-hydrogen) atoms. The van der Waals surface area contributed by atoms with Gasteiger partial charge in [0.15, 0.2) is 0 Å². The first-order valence-corrected chi connectivity index (χ1v) is 8.94. The predicted octanol–water partition coefficient (Wildman–Crippen LogP) is 4.24. The van der Waals surface area contributed by atoms with Crippen molar-refractivity contribution in [1.82, 2.24) is 14.7 Å². The monoisotopic (exact) mass is 325 g/mol. The Labute approximate surface area is 144 Å². The van der Waals surface area contributed by atoms with Gasteiger partial charge in [-0.25, -0.2) is 0 Å². The molecule has 1 N–H and O–H groups in total. The third kappa shape index (κ3) is 3.88. The third-order valence-corrected chi connectivity index (χ3v) is 4.90. The number of phenols is 1. The molecule has 0 spiro atoms. The molecule has 0 fully saturated rings. The van der Waals surface area contributed by atoms with Crippen LogP contribution >= 0.6 is 0 Å².